The average Bonchev–Trinajstić information content (AvgIpc) is 2.88. The normalized spacial score (nSPS) is 20.3. The van der Waals surface area contributed by atoms with Crippen LogP contribution in [0.4, 0.5) is 0 Å². The molecule has 0 bridgehead atoms. The highest BCUT2D eigenvalue weighted by Gasteiger charge is 2.38. The number of hydrogen-bond donors (Lipinski definition) is 1. The largest absolute Gasteiger partial charge is 0.508 e. The third kappa shape index (κ3) is 4.21. The SMILES string of the molecule is CCC(c1ccccc1)N1Cc2cc3c(cc2C[C@H]1C(=O)OC)OC[C@H](c1ccc(O)cc1)O3. The van der Waals surface area contributed by atoms with Gasteiger partial charge in [-0.15, -0.1) is 0 Å². The van der Waals surface area contributed by atoms with Gasteiger partial charge >= 0.3 is 5.97 Å². The molecule has 1 N–H and O–H groups in total. The molecule has 0 aliphatic carbocycles. The molecule has 0 aromatic heterocycles. The van der Waals surface area contributed by atoms with E-state index >= 15 is 0 Å². The number of esters is 1. The number of benzene rings is 3. The molecular weight excluding hydrogens is 430 g/mol. The van der Waals surface area contributed by atoms with E-state index in [0.717, 1.165) is 23.1 Å². The topological polar surface area (TPSA) is 68.2 Å². The quantitative estimate of drug-likeness (QED) is 0.544. The van der Waals surface area contributed by atoms with Crippen molar-refractivity contribution in [2.24, 2.45) is 0 Å². The first-order valence-corrected chi connectivity index (χ1v) is 11.7. The molecule has 6 nitrogen and oxygen atoms in total. The van der Waals surface area contributed by atoms with E-state index in [9.17, 15) is 9.90 Å². The lowest BCUT2D eigenvalue weighted by molar-refractivity contribution is -0.149. The summed E-state index contributed by atoms with van der Waals surface area (Å²) in [5, 5.41) is 9.59. The van der Waals surface area contributed by atoms with Crippen molar-refractivity contribution in [2.45, 2.75) is 44.5 Å². The third-order valence-corrected chi connectivity index (χ3v) is 6.80. The summed E-state index contributed by atoms with van der Waals surface area (Å²) in [4.78, 5) is 15.1. The van der Waals surface area contributed by atoms with Crippen LogP contribution < -0.4 is 9.47 Å². The summed E-state index contributed by atoms with van der Waals surface area (Å²) in [6.45, 7) is 3.14. The van der Waals surface area contributed by atoms with Gasteiger partial charge in [0.2, 0.25) is 0 Å². The second-order valence-corrected chi connectivity index (χ2v) is 8.83. The summed E-state index contributed by atoms with van der Waals surface area (Å²) in [6.07, 6.45) is 1.19. The highest BCUT2D eigenvalue weighted by molar-refractivity contribution is 5.77. The van der Waals surface area contributed by atoms with Crippen molar-refractivity contribution >= 4 is 5.97 Å². The Morgan fingerprint density at radius 3 is 2.53 bits per heavy atom. The number of carbonyl (C=O) groups is 1. The predicted molar refractivity (Wildman–Crippen MR) is 128 cm³/mol. The summed E-state index contributed by atoms with van der Waals surface area (Å²) in [5.41, 5.74) is 4.35. The molecule has 2 aliphatic heterocycles. The number of phenols is 1. The maximum Gasteiger partial charge on any atom is 0.323 e. The van der Waals surface area contributed by atoms with Crippen LogP contribution in [0, 0.1) is 0 Å². The fraction of sp³-hybridized carbons (Fsp3) is 0.321. The Morgan fingerprint density at radius 1 is 1.09 bits per heavy atom. The lowest BCUT2D eigenvalue weighted by Gasteiger charge is -2.41. The molecule has 2 aliphatic rings. The minimum Gasteiger partial charge on any atom is -0.508 e. The van der Waals surface area contributed by atoms with Crippen molar-refractivity contribution in [3.8, 4) is 17.2 Å². The minimum atomic E-state index is -0.366. The van der Waals surface area contributed by atoms with Gasteiger partial charge in [0, 0.05) is 12.6 Å². The van der Waals surface area contributed by atoms with Crippen molar-refractivity contribution in [3.63, 3.8) is 0 Å². The first-order chi connectivity index (χ1) is 16.6. The maximum absolute atomic E-state index is 12.8. The van der Waals surface area contributed by atoms with Crippen LogP contribution in [0.2, 0.25) is 0 Å². The number of rotatable bonds is 5. The second kappa shape index (κ2) is 9.39. The van der Waals surface area contributed by atoms with Crippen LogP contribution in [0.25, 0.3) is 0 Å². The van der Waals surface area contributed by atoms with Gasteiger partial charge in [-0.1, -0.05) is 49.4 Å². The third-order valence-electron chi connectivity index (χ3n) is 6.80. The van der Waals surface area contributed by atoms with Crippen LogP contribution in [0.3, 0.4) is 0 Å². The first kappa shape index (κ1) is 22.3. The Morgan fingerprint density at radius 2 is 1.82 bits per heavy atom. The van der Waals surface area contributed by atoms with Crippen molar-refractivity contribution in [3.05, 3.63) is 89.0 Å². The highest BCUT2D eigenvalue weighted by Crippen LogP contribution is 2.42. The van der Waals surface area contributed by atoms with E-state index < -0.39 is 0 Å². The Kier molecular flexibility index (Phi) is 6.16. The fourth-order valence-electron chi connectivity index (χ4n) is 5.04. The van der Waals surface area contributed by atoms with E-state index in [2.05, 4.69) is 30.0 Å². The van der Waals surface area contributed by atoms with Crippen LogP contribution >= 0.6 is 0 Å². The molecule has 0 saturated heterocycles. The molecule has 3 aromatic carbocycles. The fourth-order valence-corrected chi connectivity index (χ4v) is 5.04. The Hall–Kier alpha value is -3.51. The number of phenolic OH excluding ortho intramolecular Hbond substituents is 1. The van der Waals surface area contributed by atoms with Gasteiger partial charge in [0.05, 0.1) is 7.11 Å². The van der Waals surface area contributed by atoms with Crippen molar-refractivity contribution < 1.29 is 24.1 Å². The molecule has 0 spiro atoms. The molecule has 0 fully saturated rings. The molecule has 176 valence electrons. The van der Waals surface area contributed by atoms with E-state index in [-0.39, 0.29) is 29.9 Å². The molecule has 0 saturated carbocycles. The number of fused-ring (bicyclic) bond motifs is 2. The second-order valence-electron chi connectivity index (χ2n) is 8.83. The zero-order valence-electron chi connectivity index (χ0n) is 19.4. The predicted octanol–water partition coefficient (Wildman–Crippen LogP) is 4.96. The number of carbonyl (C=O) groups excluding carboxylic acids is 1. The number of methoxy groups -OCH3 is 1. The minimum absolute atomic E-state index is 0.0939. The number of ether oxygens (including phenoxy) is 3. The lowest BCUT2D eigenvalue weighted by atomic mass is 9.89. The Bertz CT molecular complexity index is 1160. The van der Waals surface area contributed by atoms with Crippen molar-refractivity contribution in [1.29, 1.82) is 0 Å². The van der Waals surface area contributed by atoms with E-state index in [1.807, 2.05) is 36.4 Å². The van der Waals surface area contributed by atoms with Crippen LogP contribution in [-0.2, 0) is 22.5 Å². The molecule has 34 heavy (non-hydrogen) atoms. The molecule has 6 heteroatoms. The smallest absolute Gasteiger partial charge is 0.323 e. The van der Waals surface area contributed by atoms with E-state index in [1.54, 1.807) is 12.1 Å². The van der Waals surface area contributed by atoms with Crippen LogP contribution in [0.5, 0.6) is 17.2 Å². The molecule has 0 radical (unpaired) electrons. The molecule has 0 amide bonds. The Labute approximate surface area is 199 Å². The summed E-state index contributed by atoms with van der Waals surface area (Å²) in [6, 6.07) is 21.1. The van der Waals surface area contributed by atoms with E-state index in [4.69, 9.17) is 14.2 Å². The van der Waals surface area contributed by atoms with Gasteiger partial charge in [0.1, 0.15) is 18.4 Å². The monoisotopic (exact) mass is 459 g/mol. The molecule has 5 rings (SSSR count). The number of aromatic hydroxyl groups is 1. The maximum atomic E-state index is 12.8. The molecule has 3 aromatic rings. The van der Waals surface area contributed by atoms with Gasteiger partial charge in [0.15, 0.2) is 17.6 Å². The highest BCUT2D eigenvalue weighted by atomic mass is 16.6. The average molecular weight is 460 g/mol. The van der Waals surface area contributed by atoms with Crippen LogP contribution in [0.1, 0.15) is 47.7 Å². The zero-order chi connectivity index (χ0) is 23.7. The molecule has 3 atom stereocenters. The van der Waals surface area contributed by atoms with Crippen molar-refractivity contribution in [1.82, 2.24) is 4.90 Å². The van der Waals surface area contributed by atoms with Crippen molar-refractivity contribution in [2.75, 3.05) is 13.7 Å². The number of nitrogens with zero attached hydrogens (tertiary/aromatic N) is 1. The van der Waals surface area contributed by atoms with Gasteiger partial charge in [-0.25, -0.2) is 0 Å². The molecule has 2 heterocycles. The molecule has 1 unspecified atom stereocenters. The van der Waals surface area contributed by atoms with E-state index in [0.29, 0.717) is 31.1 Å². The Balaban J connectivity index is 1.47. The zero-order valence-corrected chi connectivity index (χ0v) is 19.4. The summed E-state index contributed by atoms with van der Waals surface area (Å²) < 4.78 is 17.6. The lowest BCUT2D eigenvalue weighted by Crippen LogP contribution is -2.47. The first-order valence-electron chi connectivity index (χ1n) is 11.7. The van der Waals surface area contributed by atoms with E-state index in [1.165, 1.54) is 12.7 Å². The van der Waals surface area contributed by atoms with Crippen LogP contribution in [0.15, 0.2) is 66.7 Å². The summed E-state index contributed by atoms with van der Waals surface area (Å²) in [7, 11) is 1.45. The van der Waals surface area contributed by atoms with Gasteiger partial charge in [-0.2, -0.15) is 0 Å². The van der Waals surface area contributed by atoms with Gasteiger partial charge in [0.25, 0.3) is 0 Å². The van der Waals surface area contributed by atoms with Crippen LogP contribution in [-0.4, -0.2) is 35.7 Å². The van der Waals surface area contributed by atoms with Gasteiger partial charge in [-0.05, 0) is 59.4 Å². The number of hydrogen-bond acceptors (Lipinski definition) is 6. The van der Waals surface area contributed by atoms with Gasteiger partial charge in [-0.3, -0.25) is 9.69 Å². The summed E-state index contributed by atoms with van der Waals surface area (Å²) >= 11 is 0. The molecular formula is C28H29NO5. The van der Waals surface area contributed by atoms with Gasteiger partial charge < -0.3 is 19.3 Å². The summed E-state index contributed by atoms with van der Waals surface area (Å²) in [5.74, 6) is 1.40. The standard InChI is InChI=1S/C28H29NO5/c1-3-23(18-7-5-4-6-8-18)29-16-21-15-26-25(14-20(21)13-24(29)28(31)32-2)33-17-27(34-26)19-9-11-22(30)12-10-19/h4-12,14-15,23-24,27,30H,3,13,16-17H2,1-2H3/t23?,24-,27+/m0/s1.